The third-order valence-electron chi connectivity index (χ3n) is 3.98. The van der Waals surface area contributed by atoms with Crippen LogP contribution in [0.1, 0.15) is 25.3 Å². The minimum absolute atomic E-state index is 0.0454. The quantitative estimate of drug-likeness (QED) is 0.922. The van der Waals surface area contributed by atoms with Crippen molar-refractivity contribution >= 4 is 35.1 Å². The van der Waals surface area contributed by atoms with E-state index in [1.54, 1.807) is 24.0 Å². The topological polar surface area (TPSA) is 57.6 Å². The number of carbonyl (C=O) groups excluding carboxylic acids is 1. The molecular formula is C15H17Cl2NO3. The summed E-state index contributed by atoms with van der Waals surface area (Å²) in [7, 11) is 0. The van der Waals surface area contributed by atoms with E-state index in [0.29, 0.717) is 35.9 Å². The molecule has 0 spiro atoms. The Bertz CT molecular complexity index is 576. The van der Waals surface area contributed by atoms with Crippen molar-refractivity contribution in [2.45, 2.75) is 26.2 Å². The normalized spacial score (nSPS) is 21.6. The van der Waals surface area contributed by atoms with E-state index in [1.165, 1.54) is 0 Å². The molecule has 1 N–H and O–H groups in total. The van der Waals surface area contributed by atoms with Gasteiger partial charge in [0.15, 0.2) is 0 Å². The maximum absolute atomic E-state index is 12.2. The number of benzene rings is 1. The van der Waals surface area contributed by atoms with E-state index < -0.39 is 11.4 Å². The van der Waals surface area contributed by atoms with E-state index in [-0.39, 0.29) is 12.5 Å². The van der Waals surface area contributed by atoms with Gasteiger partial charge in [0.25, 0.3) is 0 Å². The van der Waals surface area contributed by atoms with Gasteiger partial charge in [-0.15, -0.1) is 0 Å². The summed E-state index contributed by atoms with van der Waals surface area (Å²) in [6, 6.07) is 5.34. The number of rotatable bonds is 4. The zero-order valence-electron chi connectivity index (χ0n) is 11.7. The van der Waals surface area contributed by atoms with Crippen LogP contribution in [0.4, 0.5) is 0 Å². The summed E-state index contributed by atoms with van der Waals surface area (Å²) in [6.45, 7) is 2.44. The summed E-state index contributed by atoms with van der Waals surface area (Å²) in [6.07, 6.45) is 1.29. The standard InChI is InChI=1S/C15H17Cl2NO3/c1-15(14(20)21)7-8-18(9-15)12(19)6-5-10-3-2-4-11(16)13(10)17/h2-4H,5-9H2,1H3,(H,20,21). The van der Waals surface area contributed by atoms with Crippen molar-refractivity contribution in [1.82, 2.24) is 4.90 Å². The van der Waals surface area contributed by atoms with E-state index in [1.807, 2.05) is 6.07 Å². The number of hydrogen-bond donors (Lipinski definition) is 1. The van der Waals surface area contributed by atoms with Crippen LogP contribution in [0.3, 0.4) is 0 Å². The average molecular weight is 330 g/mol. The smallest absolute Gasteiger partial charge is 0.311 e. The van der Waals surface area contributed by atoms with E-state index in [0.717, 1.165) is 5.56 Å². The minimum Gasteiger partial charge on any atom is -0.481 e. The lowest BCUT2D eigenvalue weighted by molar-refractivity contribution is -0.147. The first kappa shape index (κ1) is 16.1. The molecule has 0 bridgehead atoms. The molecular weight excluding hydrogens is 313 g/mol. The molecule has 2 rings (SSSR count). The highest BCUT2D eigenvalue weighted by Gasteiger charge is 2.41. The Kier molecular flexibility index (Phi) is 4.79. The van der Waals surface area contributed by atoms with Gasteiger partial charge in [-0.25, -0.2) is 0 Å². The van der Waals surface area contributed by atoms with Gasteiger partial charge in [0.05, 0.1) is 15.5 Å². The van der Waals surface area contributed by atoms with E-state index in [9.17, 15) is 14.7 Å². The molecule has 1 aromatic carbocycles. The van der Waals surface area contributed by atoms with Crippen LogP contribution < -0.4 is 0 Å². The molecule has 6 heteroatoms. The van der Waals surface area contributed by atoms with Crippen molar-refractivity contribution in [3.05, 3.63) is 33.8 Å². The fourth-order valence-corrected chi connectivity index (χ4v) is 2.90. The maximum Gasteiger partial charge on any atom is 0.311 e. The molecule has 0 aromatic heterocycles. The first-order valence-corrected chi connectivity index (χ1v) is 7.53. The largest absolute Gasteiger partial charge is 0.481 e. The SMILES string of the molecule is CC1(C(=O)O)CCN(C(=O)CCc2cccc(Cl)c2Cl)C1. The van der Waals surface area contributed by atoms with Gasteiger partial charge in [-0.3, -0.25) is 9.59 Å². The summed E-state index contributed by atoms with van der Waals surface area (Å²) in [5, 5.41) is 10.1. The number of carboxylic acid groups (broad SMARTS) is 1. The van der Waals surface area contributed by atoms with Crippen molar-refractivity contribution < 1.29 is 14.7 Å². The minimum atomic E-state index is -0.851. The van der Waals surface area contributed by atoms with Gasteiger partial charge in [-0.05, 0) is 31.4 Å². The Morgan fingerprint density at radius 3 is 2.71 bits per heavy atom. The van der Waals surface area contributed by atoms with Crippen LogP contribution in [0.15, 0.2) is 18.2 Å². The Hall–Kier alpha value is -1.26. The second-order valence-electron chi connectivity index (χ2n) is 5.64. The Morgan fingerprint density at radius 1 is 1.38 bits per heavy atom. The molecule has 4 nitrogen and oxygen atoms in total. The molecule has 0 radical (unpaired) electrons. The van der Waals surface area contributed by atoms with Crippen molar-refractivity contribution in [2.24, 2.45) is 5.41 Å². The molecule has 1 aliphatic rings. The van der Waals surface area contributed by atoms with Gasteiger partial charge in [-0.2, -0.15) is 0 Å². The van der Waals surface area contributed by atoms with Crippen LogP contribution in [-0.2, 0) is 16.0 Å². The number of nitrogens with zero attached hydrogens (tertiary/aromatic N) is 1. The number of halogens is 2. The zero-order chi connectivity index (χ0) is 15.6. The predicted octanol–water partition coefficient (Wildman–Crippen LogP) is 3.25. The predicted molar refractivity (Wildman–Crippen MR) is 81.7 cm³/mol. The van der Waals surface area contributed by atoms with Crippen LogP contribution in [0.25, 0.3) is 0 Å². The molecule has 1 heterocycles. The van der Waals surface area contributed by atoms with Crippen LogP contribution in [-0.4, -0.2) is 35.0 Å². The van der Waals surface area contributed by atoms with Gasteiger partial charge >= 0.3 is 5.97 Å². The lowest BCUT2D eigenvalue weighted by Gasteiger charge is -2.20. The van der Waals surface area contributed by atoms with E-state index in [4.69, 9.17) is 23.2 Å². The number of aryl methyl sites for hydroxylation is 1. The van der Waals surface area contributed by atoms with Gasteiger partial charge in [-0.1, -0.05) is 35.3 Å². The van der Waals surface area contributed by atoms with E-state index in [2.05, 4.69) is 0 Å². The zero-order valence-corrected chi connectivity index (χ0v) is 13.2. The highest BCUT2D eigenvalue weighted by atomic mass is 35.5. The molecule has 1 unspecified atom stereocenters. The van der Waals surface area contributed by atoms with Crippen LogP contribution in [0, 0.1) is 5.41 Å². The summed E-state index contributed by atoms with van der Waals surface area (Å²) in [5.74, 6) is -0.897. The lowest BCUT2D eigenvalue weighted by atomic mass is 9.90. The maximum atomic E-state index is 12.2. The lowest BCUT2D eigenvalue weighted by Crippen LogP contribution is -2.34. The summed E-state index contributed by atoms with van der Waals surface area (Å²) >= 11 is 12.0. The number of amides is 1. The van der Waals surface area contributed by atoms with Crippen molar-refractivity contribution in [3.8, 4) is 0 Å². The molecule has 21 heavy (non-hydrogen) atoms. The molecule has 1 atom stereocenters. The van der Waals surface area contributed by atoms with Gasteiger partial charge < -0.3 is 10.0 Å². The average Bonchev–Trinajstić information content (AvgIpc) is 2.84. The summed E-state index contributed by atoms with van der Waals surface area (Å²) < 4.78 is 0. The second-order valence-corrected chi connectivity index (χ2v) is 6.43. The van der Waals surface area contributed by atoms with Crippen molar-refractivity contribution in [1.29, 1.82) is 0 Å². The fraction of sp³-hybridized carbons (Fsp3) is 0.467. The highest BCUT2D eigenvalue weighted by Crippen LogP contribution is 2.31. The number of aliphatic carboxylic acids is 1. The fourth-order valence-electron chi connectivity index (χ4n) is 2.49. The molecule has 1 amide bonds. The van der Waals surface area contributed by atoms with Crippen molar-refractivity contribution in [2.75, 3.05) is 13.1 Å². The van der Waals surface area contributed by atoms with Gasteiger partial charge in [0, 0.05) is 19.5 Å². The molecule has 1 fully saturated rings. The molecule has 114 valence electrons. The number of carbonyl (C=O) groups is 2. The Balaban J connectivity index is 1.94. The van der Waals surface area contributed by atoms with Gasteiger partial charge in [0.2, 0.25) is 5.91 Å². The summed E-state index contributed by atoms with van der Waals surface area (Å²) in [4.78, 5) is 25.0. The third kappa shape index (κ3) is 3.50. The van der Waals surface area contributed by atoms with Gasteiger partial charge in [0.1, 0.15) is 0 Å². The molecule has 0 aliphatic carbocycles. The number of likely N-dealkylation sites (tertiary alicyclic amines) is 1. The Labute approximate surface area is 133 Å². The van der Waals surface area contributed by atoms with E-state index >= 15 is 0 Å². The Morgan fingerprint density at radius 2 is 2.10 bits per heavy atom. The third-order valence-corrected chi connectivity index (χ3v) is 4.84. The molecule has 1 aromatic rings. The highest BCUT2D eigenvalue weighted by molar-refractivity contribution is 6.42. The number of hydrogen-bond acceptors (Lipinski definition) is 2. The summed E-state index contributed by atoms with van der Waals surface area (Å²) in [5.41, 5.74) is 0.00121. The molecule has 1 saturated heterocycles. The first-order valence-electron chi connectivity index (χ1n) is 6.77. The number of carboxylic acids is 1. The van der Waals surface area contributed by atoms with Crippen LogP contribution in [0.2, 0.25) is 10.0 Å². The molecule has 0 saturated carbocycles. The monoisotopic (exact) mass is 329 g/mol. The van der Waals surface area contributed by atoms with Crippen LogP contribution >= 0.6 is 23.2 Å². The molecule has 1 aliphatic heterocycles. The van der Waals surface area contributed by atoms with Crippen molar-refractivity contribution in [3.63, 3.8) is 0 Å². The second kappa shape index (κ2) is 6.24. The van der Waals surface area contributed by atoms with Crippen LogP contribution in [0.5, 0.6) is 0 Å². The first-order chi connectivity index (χ1) is 9.83.